The molecule has 0 bridgehead atoms. The number of nitrogens with zero attached hydrogens (tertiary/aromatic N) is 1. The second-order valence-corrected chi connectivity index (χ2v) is 4.52. The Morgan fingerprint density at radius 3 is 1.82 bits per heavy atom. The largest absolute Gasteiger partial charge is 0.391 e. The van der Waals surface area contributed by atoms with Crippen molar-refractivity contribution >= 4 is 6.21 Å². The van der Waals surface area contributed by atoms with Crippen LogP contribution in [0.4, 0.5) is 17.6 Å². The van der Waals surface area contributed by atoms with Crippen molar-refractivity contribution in [2.24, 2.45) is 5.16 Å². The molecule has 0 fully saturated rings. The third kappa shape index (κ3) is 4.58. The van der Waals surface area contributed by atoms with Gasteiger partial charge in [0, 0.05) is 11.1 Å². The van der Waals surface area contributed by atoms with Gasteiger partial charge < -0.3 is 4.84 Å². The highest BCUT2D eigenvalue weighted by molar-refractivity contribution is 5.79. The molecule has 0 saturated carbocycles. The van der Waals surface area contributed by atoms with Gasteiger partial charge in [-0.05, 0) is 11.1 Å². The minimum atomic E-state index is -2.50. The van der Waals surface area contributed by atoms with E-state index in [9.17, 15) is 17.6 Å². The molecule has 0 atom stereocenters. The molecule has 0 spiro atoms. The Morgan fingerprint density at radius 2 is 1.32 bits per heavy atom. The molecular formula is C16H13F4NO. The summed E-state index contributed by atoms with van der Waals surface area (Å²) in [4.78, 5) is 5.04. The van der Waals surface area contributed by atoms with Crippen LogP contribution in [0.5, 0.6) is 0 Å². The Kier molecular flexibility index (Phi) is 5.52. The van der Waals surface area contributed by atoms with E-state index in [0.29, 0.717) is 11.1 Å². The van der Waals surface area contributed by atoms with Crippen molar-refractivity contribution in [1.82, 2.24) is 0 Å². The van der Waals surface area contributed by atoms with Crippen LogP contribution in [0.2, 0.25) is 0 Å². The number of rotatable bonds is 6. The van der Waals surface area contributed by atoms with E-state index in [1.807, 2.05) is 0 Å². The predicted molar refractivity (Wildman–Crippen MR) is 75.2 cm³/mol. The van der Waals surface area contributed by atoms with Gasteiger partial charge in [-0.1, -0.05) is 53.7 Å². The molecule has 0 N–H and O–H groups in total. The van der Waals surface area contributed by atoms with Gasteiger partial charge in [0.1, 0.15) is 6.61 Å². The number of alkyl halides is 4. The molecule has 0 aliphatic carbocycles. The summed E-state index contributed by atoms with van der Waals surface area (Å²) in [7, 11) is 0. The monoisotopic (exact) mass is 311 g/mol. The van der Waals surface area contributed by atoms with Crippen molar-refractivity contribution < 1.29 is 22.4 Å². The van der Waals surface area contributed by atoms with Crippen molar-refractivity contribution in [3.8, 4) is 0 Å². The Balaban J connectivity index is 1.84. The molecule has 0 saturated heterocycles. The van der Waals surface area contributed by atoms with Gasteiger partial charge in [0.2, 0.25) is 0 Å². The fourth-order valence-corrected chi connectivity index (χ4v) is 1.70. The van der Waals surface area contributed by atoms with Crippen LogP contribution in [-0.4, -0.2) is 6.21 Å². The molecule has 0 aliphatic heterocycles. The zero-order chi connectivity index (χ0) is 15.9. The van der Waals surface area contributed by atoms with E-state index in [1.54, 1.807) is 0 Å². The normalized spacial score (nSPS) is 11.5. The van der Waals surface area contributed by atoms with E-state index in [4.69, 9.17) is 4.84 Å². The van der Waals surface area contributed by atoms with Crippen LogP contribution in [-0.2, 0) is 11.4 Å². The van der Waals surface area contributed by atoms with E-state index >= 15 is 0 Å². The van der Waals surface area contributed by atoms with E-state index in [0.717, 1.165) is 0 Å². The molecule has 6 heteroatoms. The number of halogens is 4. The summed E-state index contributed by atoms with van der Waals surface area (Å²) in [5.41, 5.74) is 1.22. The highest BCUT2D eigenvalue weighted by Gasteiger charge is 2.06. The highest BCUT2D eigenvalue weighted by atomic mass is 19.3. The standard InChI is InChI=1S/C16H13F4NO/c17-15(18)13-5-1-11(2-6-13)9-21-22-10-12-3-7-14(8-4-12)16(19)20/h1-9,15-16H,10H2. The first-order valence-corrected chi connectivity index (χ1v) is 6.46. The maximum absolute atomic E-state index is 12.4. The number of oxime groups is 1. The molecule has 0 aromatic heterocycles. The molecule has 22 heavy (non-hydrogen) atoms. The van der Waals surface area contributed by atoms with Gasteiger partial charge in [0.05, 0.1) is 6.21 Å². The number of benzene rings is 2. The maximum Gasteiger partial charge on any atom is 0.263 e. The van der Waals surface area contributed by atoms with E-state index in [-0.39, 0.29) is 17.7 Å². The molecule has 0 aliphatic rings. The first kappa shape index (κ1) is 16.0. The molecule has 116 valence electrons. The number of hydrogen-bond acceptors (Lipinski definition) is 2. The summed E-state index contributed by atoms with van der Waals surface area (Å²) in [6.07, 6.45) is -3.61. The van der Waals surface area contributed by atoms with Gasteiger partial charge in [-0.15, -0.1) is 0 Å². The lowest BCUT2D eigenvalue weighted by atomic mass is 10.1. The highest BCUT2D eigenvalue weighted by Crippen LogP contribution is 2.19. The Morgan fingerprint density at radius 1 is 0.818 bits per heavy atom. The van der Waals surface area contributed by atoms with Crippen molar-refractivity contribution in [2.75, 3.05) is 0 Å². The topological polar surface area (TPSA) is 21.6 Å². The number of hydrogen-bond donors (Lipinski definition) is 0. The zero-order valence-corrected chi connectivity index (χ0v) is 11.4. The van der Waals surface area contributed by atoms with Crippen molar-refractivity contribution in [3.05, 3.63) is 70.8 Å². The van der Waals surface area contributed by atoms with Gasteiger partial charge in [-0.3, -0.25) is 0 Å². The minimum Gasteiger partial charge on any atom is -0.391 e. The third-order valence-corrected chi connectivity index (χ3v) is 2.93. The van der Waals surface area contributed by atoms with Crippen LogP contribution in [0.25, 0.3) is 0 Å². The van der Waals surface area contributed by atoms with Gasteiger partial charge in [-0.25, -0.2) is 17.6 Å². The molecule has 0 amide bonds. The third-order valence-electron chi connectivity index (χ3n) is 2.93. The van der Waals surface area contributed by atoms with Gasteiger partial charge in [0.15, 0.2) is 0 Å². The molecule has 2 rings (SSSR count). The van der Waals surface area contributed by atoms with Gasteiger partial charge in [-0.2, -0.15) is 0 Å². The van der Waals surface area contributed by atoms with Crippen molar-refractivity contribution in [3.63, 3.8) is 0 Å². The van der Waals surface area contributed by atoms with Crippen LogP contribution >= 0.6 is 0 Å². The summed E-state index contributed by atoms with van der Waals surface area (Å²) in [6.45, 7) is 0.134. The SMILES string of the molecule is FC(F)c1ccc(C=NOCc2ccc(C(F)F)cc2)cc1. The Labute approximate surface area is 125 Å². The maximum atomic E-state index is 12.4. The average molecular weight is 311 g/mol. The van der Waals surface area contributed by atoms with E-state index < -0.39 is 12.9 Å². The van der Waals surface area contributed by atoms with Crippen molar-refractivity contribution in [1.29, 1.82) is 0 Å². The fraction of sp³-hybridized carbons (Fsp3) is 0.188. The van der Waals surface area contributed by atoms with Crippen LogP contribution in [0.15, 0.2) is 53.7 Å². The lowest BCUT2D eigenvalue weighted by Crippen LogP contribution is -1.90. The van der Waals surface area contributed by atoms with Gasteiger partial charge >= 0.3 is 0 Å². The molecule has 0 unspecified atom stereocenters. The van der Waals surface area contributed by atoms with Crippen LogP contribution in [0, 0.1) is 0 Å². The zero-order valence-electron chi connectivity index (χ0n) is 11.4. The molecular weight excluding hydrogens is 298 g/mol. The second-order valence-electron chi connectivity index (χ2n) is 4.52. The first-order valence-electron chi connectivity index (χ1n) is 6.46. The summed E-state index contributed by atoms with van der Waals surface area (Å²) in [5.74, 6) is 0. The van der Waals surface area contributed by atoms with Crippen molar-refractivity contribution in [2.45, 2.75) is 19.5 Å². The van der Waals surface area contributed by atoms with Crippen LogP contribution in [0.1, 0.15) is 35.1 Å². The first-order chi connectivity index (χ1) is 10.6. The smallest absolute Gasteiger partial charge is 0.263 e. The van der Waals surface area contributed by atoms with Crippen LogP contribution < -0.4 is 0 Å². The summed E-state index contributed by atoms with van der Waals surface area (Å²) in [5, 5.41) is 3.71. The fourth-order valence-electron chi connectivity index (χ4n) is 1.70. The summed E-state index contributed by atoms with van der Waals surface area (Å²) in [6, 6.07) is 11.4. The quantitative estimate of drug-likeness (QED) is 0.412. The molecule has 2 nitrogen and oxygen atoms in total. The lowest BCUT2D eigenvalue weighted by molar-refractivity contribution is 0.131. The van der Waals surface area contributed by atoms with E-state index in [2.05, 4.69) is 5.16 Å². The summed E-state index contributed by atoms with van der Waals surface area (Å²) < 4.78 is 49.5. The Bertz CT molecular complexity index is 609. The second kappa shape index (κ2) is 7.59. The van der Waals surface area contributed by atoms with Crippen LogP contribution in [0.3, 0.4) is 0 Å². The Hall–Kier alpha value is -2.37. The van der Waals surface area contributed by atoms with Gasteiger partial charge in [0.25, 0.3) is 12.9 Å². The molecule has 0 radical (unpaired) electrons. The predicted octanol–water partition coefficient (Wildman–Crippen LogP) is 5.11. The summed E-state index contributed by atoms with van der Waals surface area (Å²) >= 11 is 0. The molecule has 2 aromatic rings. The lowest BCUT2D eigenvalue weighted by Gasteiger charge is -2.02. The molecule has 0 heterocycles. The average Bonchev–Trinajstić information content (AvgIpc) is 2.52. The molecule has 2 aromatic carbocycles. The minimum absolute atomic E-state index is 0.0497. The van der Waals surface area contributed by atoms with E-state index in [1.165, 1.54) is 54.7 Å².